The standard InChI is InChI=1S/C18H18N2O/c1-12-6-5-7-14(10-12)20-18(21)11-16-13(2)19-17-9-4-3-8-15(16)17/h3-10,19H,11H2,1-2H3,(H,20,21). The molecule has 0 atom stereocenters. The second-order valence-corrected chi connectivity index (χ2v) is 5.37. The largest absolute Gasteiger partial charge is 0.358 e. The Morgan fingerprint density at radius 3 is 2.71 bits per heavy atom. The molecule has 1 heterocycles. The van der Waals surface area contributed by atoms with E-state index in [1.165, 1.54) is 0 Å². The van der Waals surface area contributed by atoms with Gasteiger partial charge < -0.3 is 10.3 Å². The van der Waals surface area contributed by atoms with E-state index in [2.05, 4.69) is 10.3 Å². The number of hydrogen-bond donors (Lipinski definition) is 2. The summed E-state index contributed by atoms with van der Waals surface area (Å²) in [6.45, 7) is 4.02. The van der Waals surface area contributed by atoms with E-state index in [1.54, 1.807) is 0 Å². The van der Waals surface area contributed by atoms with E-state index in [0.717, 1.165) is 33.4 Å². The molecular weight excluding hydrogens is 260 g/mol. The van der Waals surface area contributed by atoms with Gasteiger partial charge in [0.2, 0.25) is 5.91 Å². The number of anilines is 1. The number of carbonyl (C=O) groups excluding carboxylic acids is 1. The molecule has 21 heavy (non-hydrogen) atoms. The van der Waals surface area contributed by atoms with Crippen LogP contribution in [0, 0.1) is 13.8 Å². The lowest BCUT2D eigenvalue weighted by atomic mass is 10.1. The highest BCUT2D eigenvalue weighted by Crippen LogP contribution is 2.22. The first kappa shape index (κ1) is 13.4. The predicted molar refractivity (Wildman–Crippen MR) is 86.5 cm³/mol. The van der Waals surface area contributed by atoms with Crippen LogP contribution in [0.4, 0.5) is 5.69 Å². The average molecular weight is 278 g/mol. The Morgan fingerprint density at radius 2 is 1.90 bits per heavy atom. The molecule has 0 unspecified atom stereocenters. The summed E-state index contributed by atoms with van der Waals surface area (Å²) in [4.78, 5) is 15.6. The number of rotatable bonds is 3. The van der Waals surface area contributed by atoms with Crippen molar-refractivity contribution in [2.24, 2.45) is 0 Å². The highest BCUT2D eigenvalue weighted by molar-refractivity contribution is 5.96. The number of aryl methyl sites for hydroxylation is 2. The second-order valence-electron chi connectivity index (χ2n) is 5.37. The van der Waals surface area contributed by atoms with Gasteiger partial charge in [0.05, 0.1) is 6.42 Å². The third-order valence-corrected chi connectivity index (χ3v) is 3.67. The highest BCUT2D eigenvalue weighted by Gasteiger charge is 2.12. The molecule has 0 fully saturated rings. The number of amides is 1. The molecule has 2 N–H and O–H groups in total. The van der Waals surface area contributed by atoms with E-state index in [-0.39, 0.29) is 5.91 Å². The van der Waals surface area contributed by atoms with E-state index < -0.39 is 0 Å². The number of benzene rings is 2. The van der Waals surface area contributed by atoms with Crippen LogP contribution in [0.3, 0.4) is 0 Å². The second kappa shape index (κ2) is 5.44. The number of fused-ring (bicyclic) bond motifs is 1. The lowest BCUT2D eigenvalue weighted by Crippen LogP contribution is -2.14. The van der Waals surface area contributed by atoms with Gasteiger partial charge in [-0.3, -0.25) is 4.79 Å². The van der Waals surface area contributed by atoms with Gasteiger partial charge in [-0.25, -0.2) is 0 Å². The van der Waals surface area contributed by atoms with Crippen LogP contribution < -0.4 is 5.32 Å². The molecule has 0 aliphatic heterocycles. The van der Waals surface area contributed by atoms with E-state index >= 15 is 0 Å². The number of para-hydroxylation sites is 1. The first-order chi connectivity index (χ1) is 10.1. The van der Waals surface area contributed by atoms with Crippen LogP contribution in [0.2, 0.25) is 0 Å². The van der Waals surface area contributed by atoms with Crippen molar-refractivity contribution in [1.29, 1.82) is 0 Å². The van der Waals surface area contributed by atoms with E-state index in [0.29, 0.717) is 6.42 Å². The molecule has 0 spiro atoms. The number of hydrogen-bond acceptors (Lipinski definition) is 1. The quantitative estimate of drug-likeness (QED) is 0.748. The van der Waals surface area contributed by atoms with E-state index in [4.69, 9.17) is 0 Å². The summed E-state index contributed by atoms with van der Waals surface area (Å²) in [6.07, 6.45) is 0.379. The summed E-state index contributed by atoms with van der Waals surface area (Å²) in [5.41, 5.74) is 5.17. The number of H-pyrrole nitrogens is 1. The van der Waals surface area contributed by atoms with Gasteiger partial charge in [-0.1, -0.05) is 30.3 Å². The zero-order valence-electron chi connectivity index (χ0n) is 12.2. The molecule has 3 heteroatoms. The minimum absolute atomic E-state index is 0.00783. The fourth-order valence-corrected chi connectivity index (χ4v) is 2.65. The van der Waals surface area contributed by atoms with Crippen molar-refractivity contribution < 1.29 is 4.79 Å². The van der Waals surface area contributed by atoms with Crippen molar-refractivity contribution >= 4 is 22.5 Å². The Balaban J connectivity index is 1.82. The van der Waals surface area contributed by atoms with Crippen molar-refractivity contribution in [2.45, 2.75) is 20.3 Å². The first-order valence-electron chi connectivity index (χ1n) is 7.06. The number of aromatic nitrogens is 1. The maximum atomic E-state index is 12.3. The summed E-state index contributed by atoms with van der Waals surface area (Å²) >= 11 is 0. The van der Waals surface area contributed by atoms with Gasteiger partial charge in [0.15, 0.2) is 0 Å². The molecule has 3 rings (SSSR count). The van der Waals surface area contributed by atoms with Crippen LogP contribution in [-0.2, 0) is 11.2 Å². The van der Waals surface area contributed by atoms with Crippen molar-refractivity contribution in [1.82, 2.24) is 4.98 Å². The third kappa shape index (κ3) is 2.82. The lowest BCUT2D eigenvalue weighted by Gasteiger charge is -2.06. The molecule has 0 aliphatic rings. The molecule has 0 saturated heterocycles. The molecular formula is C18H18N2O. The highest BCUT2D eigenvalue weighted by atomic mass is 16.1. The summed E-state index contributed by atoms with van der Waals surface area (Å²) in [7, 11) is 0. The molecule has 106 valence electrons. The summed E-state index contributed by atoms with van der Waals surface area (Å²) in [5.74, 6) is 0.00783. The minimum atomic E-state index is 0.00783. The number of aromatic amines is 1. The van der Waals surface area contributed by atoms with E-state index in [1.807, 2.05) is 62.4 Å². The van der Waals surface area contributed by atoms with Gasteiger partial charge in [0.25, 0.3) is 0 Å². The molecule has 1 amide bonds. The van der Waals surface area contributed by atoms with Gasteiger partial charge in [-0.15, -0.1) is 0 Å². The predicted octanol–water partition coefficient (Wildman–Crippen LogP) is 3.97. The monoisotopic (exact) mass is 278 g/mol. The lowest BCUT2D eigenvalue weighted by molar-refractivity contribution is -0.115. The Kier molecular flexibility index (Phi) is 3.48. The number of nitrogens with one attached hydrogen (secondary N) is 2. The van der Waals surface area contributed by atoms with Gasteiger partial charge in [-0.2, -0.15) is 0 Å². The van der Waals surface area contributed by atoms with Crippen LogP contribution in [0.25, 0.3) is 10.9 Å². The third-order valence-electron chi connectivity index (χ3n) is 3.67. The normalized spacial score (nSPS) is 10.8. The van der Waals surface area contributed by atoms with Crippen molar-refractivity contribution in [3.05, 3.63) is 65.4 Å². The van der Waals surface area contributed by atoms with E-state index in [9.17, 15) is 4.79 Å². The minimum Gasteiger partial charge on any atom is -0.358 e. The van der Waals surface area contributed by atoms with Crippen LogP contribution in [-0.4, -0.2) is 10.9 Å². The van der Waals surface area contributed by atoms with Crippen LogP contribution in [0.1, 0.15) is 16.8 Å². The maximum absolute atomic E-state index is 12.3. The molecule has 1 aromatic heterocycles. The van der Waals surface area contributed by atoms with Gasteiger partial charge in [0, 0.05) is 22.3 Å². The summed E-state index contributed by atoms with van der Waals surface area (Å²) < 4.78 is 0. The van der Waals surface area contributed by atoms with Crippen LogP contribution in [0.15, 0.2) is 48.5 Å². The van der Waals surface area contributed by atoms with Gasteiger partial charge in [0.1, 0.15) is 0 Å². The fraction of sp³-hybridized carbons (Fsp3) is 0.167. The Labute approximate surface area is 124 Å². The molecule has 0 bridgehead atoms. The molecule has 0 aliphatic carbocycles. The Bertz CT molecular complexity index is 802. The number of carbonyl (C=O) groups is 1. The Hall–Kier alpha value is -2.55. The molecule has 3 nitrogen and oxygen atoms in total. The summed E-state index contributed by atoms with van der Waals surface area (Å²) in [5, 5.41) is 4.08. The van der Waals surface area contributed by atoms with Crippen LogP contribution in [0.5, 0.6) is 0 Å². The van der Waals surface area contributed by atoms with Gasteiger partial charge in [-0.05, 0) is 43.2 Å². The average Bonchev–Trinajstić information content (AvgIpc) is 2.75. The zero-order valence-corrected chi connectivity index (χ0v) is 12.2. The van der Waals surface area contributed by atoms with Crippen molar-refractivity contribution in [3.8, 4) is 0 Å². The van der Waals surface area contributed by atoms with Crippen molar-refractivity contribution in [2.75, 3.05) is 5.32 Å². The fourth-order valence-electron chi connectivity index (χ4n) is 2.65. The molecule has 2 aromatic carbocycles. The summed E-state index contributed by atoms with van der Waals surface area (Å²) in [6, 6.07) is 15.9. The molecule has 0 radical (unpaired) electrons. The van der Waals surface area contributed by atoms with Gasteiger partial charge >= 0.3 is 0 Å². The topological polar surface area (TPSA) is 44.9 Å². The molecule has 3 aromatic rings. The Morgan fingerprint density at radius 1 is 1.10 bits per heavy atom. The maximum Gasteiger partial charge on any atom is 0.228 e. The first-order valence-corrected chi connectivity index (χ1v) is 7.06. The zero-order chi connectivity index (χ0) is 14.8. The smallest absolute Gasteiger partial charge is 0.228 e. The van der Waals surface area contributed by atoms with Crippen molar-refractivity contribution in [3.63, 3.8) is 0 Å². The SMILES string of the molecule is Cc1cccc(NC(=O)Cc2c(C)[nH]c3ccccc23)c1. The molecule has 0 saturated carbocycles. The van der Waals surface area contributed by atoms with Crippen LogP contribution >= 0.6 is 0 Å².